The quantitative estimate of drug-likeness (QED) is 0.675. The minimum absolute atomic E-state index is 0.0693. The molecule has 0 bridgehead atoms. The number of benzene rings is 2. The van der Waals surface area contributed by atoms with Crippen molar-refractivity contribution >= 4 is 17.7 Å². The third kappa shape index (κ3) is 6.09. The fraction of sp³-hybridized carbons (Fsp3) is 0.375. The average molecular weight is 394 g/mol. The Morgan fingerprint density at radius 1 is 1.07 bits per heavy atom. The van der Waals surface area contributed by atoms with E-state index in [4.69, 9.17) is 4.74 Å². The molecule has 0 radical (unpaired) electrons. The maximum Gasteiger partial charge on any atom is 0.246 e. The Morgan fingerprint density at radius 2 is 1.79 bits per heavy atom. The van der Waals surface area contributed by atoms with Gasteiger partial charge in [0.25, 0.3) is 0 Å². The largest absolute Gasteiger partial charge is 0.494 e. The molecular formula is C24H31N3O2. The number of ether oxygens (including phenoxy) is 1. The van der Waals surface area contributed by atoms with Crippen molar-refractivity contribution in [1.29, 1.82) is 0 Å². The molecule has 1 aliphatic rings. The number of hydrogen-bond acceptors (Lipinski definition) is 4. The van der Waals surface area contributed by atoms with Crippen molar-refractivity contribution in [3.8, 4) is 5.75 Å². The van der Waals surface area contributed by atoms with Gasteiger partial charge in [-0.25, -0.2) is 0 Å². The Kier molecular flexibility index (Phi) is 7.30. The second-order valence-electron chi connectivity index (χ2n) is 7.56. The molecule has 0 spiro atoms. The van der Waals surface area contributed by atoms with E-state index in [9.17, 15) is 4.79 Å². The van der Waals surface area contributed by atoms with Crippen molar-refractivity contribution < 1.29 is 9.53 Å². The molecule has 1 aliphatic heterocycles. The van der Waals surface area contributed by atoms with E-state index in [2.05, 4.69) is 48.2 Å². The Labute approximate surface area is 174 Å². The van der Waals surface area contributed by atoms with Gasteiger partial charge >= 0.3 is 0 Å². The SMILES string of the molecule is CCOc1ccc(/C=C/C(=O)N2CCN(c3cccc(CN(C)C)c3)CC2)cc1. The van der Waals surface area contributed by atoms with Crippen LogP contribution >= 0.6 is 0 Å². The summed E-state index contributed by atoms with van der Waals surface area (Å²) in [6, 6.07) is 16.5. The van der Waals surface area contributed by atoms with Crippen molar-refractivity contribution in [2.45, 2.75) is 13.5 Å². The number of carbonyl (C=O) groups excluding carboxylic acids is 1. The van der Waals surface area contributed by atoms with Crippen molar-refractivity contribution in [3.63, 3.8) is 0 Å². The molecule has 1 amide bonds. The van der Waals surface area contributed by atoms with Gasteiger partial charge in [-0.05, 0) is 62.5 Å². The number of hydrogen-bond donors (Lipinski definition) is 0. The lowest BCUT2D eigenvalue weighted by atomic mass is 10.1. The summed E-state index contributed by atoms with van der Waals surface area (Å²) in [5, 5.41) is 0. The highest BCUT2D eigenvalue weighted by Gasteiger charge is 2.20. The Hall–Kier alpha value is -2.79. The van der Waals surface area contributed by atoms with Crippen LogP contribution in [0.25, 0.3) is 6.08 Å². The minimum Gasteiger partial charge on any atom is -0.494 e. The second-order valence-corrected chi connectivity index (χ2v) is 7.56. The third-order valence-corrected chi connectivity index (χ3v) is 4.98. The van der Waals surface area contributed by atoms with Crippen LogP contribution in [0.1, 0.15) is 18.1 Å². The molecule has 5 heteroatoms. The summed E-state index contributed by atoms with van der Waals surface area (Å²) < 4.78 is 5.45. The molecule has 154 valence electrons. The fourth-order valence-corrected chi connectivity index (χ4v) is 3.52. The Bertz CT molecular complexity index is 822. The molecule has 0 aliphatic carbocycles. The van der Waals surface area contributed by atoms with Crippen LogP contribution in [0.5, 0.6) is 5.75 Å². The number of anilines is 1. The predicted molar refractivity (Wildman–Crippen MR) is 119 cm³/mol. The molecule has 0 atom stereocenters. The molecule has 0 saturated carbocycles. The number of rotatable bonds is 7. The van der Waals surface area contributed by atoms with Gasteiger partial charge in [0.05, 0.1) is 6.61 Å². The van der Waals surface area contributed by atoms with Crippen molar-refractivity contribution in [2.24, 2.45) is 0 Å². The maximum atomic E-state index is 12.5. The zero-order chi connectivity index (χ0) is 20.6. The second kappa shape index (κ2) is 10.1. The highest BCUT2D eigenvalue weighted by molar-refractivity contribution is 5.92. The molecule has 29 heavy (non-hydrogen) atoms. The summed E-state index contributed by atoms with van der Waals surface area (Å²) in [6.07, 6.45) is 3.54. The van der Waals surface area contributed by atoms with Gasteiger partial charge in [0.15, 0.2) is 0 Å². The lowest BCUT2D eigenvalue weighted by molar-refractivity contribution is -0.126. The summed E-state index contributed by atoms with van der Waals surface area (Å²) in [7, 11) is 4.16. The zero-order valence-corrected chi connectivity index (χ0v) is 17.7. The lowest BCUT2D eigenvalue weighted by Crippen LogP contribution is -2.48. The highest BCUT2D eigenvalue weighted by Crippen LogP contribution is 2.19. The van der Waals surface area contributed by atoms with Crippen molar-refractivity contribution in [2.75, 3.05) is 51.8 Å². The fourth-order valence-electron chi connectivity index (χ4n) is 3.52. The maximum absolute atomic E-state index is 12.5. The van der Waals surface area contributed by atoms with Gasteiger partial charge in [0.1, 0.15) is 5.75 Å². The molecule has 0 N–H and O–H groups in total. The Balaban J connectivity index is 1.53. The number of piperazine rings is 1. The molecule has 1 heterocycles. The average Bonchev–Trinajstić information content (AvgIpc) is 2.73. The van der Waals surface area contributed by atoms with Gasteiger partial charge in [0.2, 0.25) is 5.91 Å². The summed E-state index contributed by atoms with van der Waals surface area (Å²) in [5.41, 5.74) is 3.55. The van der Waals surface area contributed by atoms with E-state index in [-0.39, 0.29) is 5.91 Å². The molecular weight excluding hydrogens is 362 g/mol. The van der Waals surface area contributed by atoms with Crippen molar-refractivity contribution in [1.82, 2.24) is 9.80 Å². The number of carbonyl (C=O) groups is 1. The molecule has 0 unspecified atom stereocenters. The van der Waals surface area contributed by atoms with E-state index in [1.165, 1.54) is 11.3 Å². The topological polar surface area (TPSA) is 36.0 Å². The molecule has 1 fully saturated rings. The molecule has 1 saturated heterocycles. The third-order valence-electron chi connectivity index (χ3n) is 4.98. The van der Waals surface area contributed by atoms with Crippen LogP contribution < -0.4 is 9.64 Å². The standard InChI is InChI=1S/C24H31N3O2/c1-4-29-23-11-8-20(9-12-23)10-13-24(28)27-16-14-26(15-17-27)22-7-5-6-21(18-22)19-25(2)3/h5-13,18H,4,14-17,19H2,1-3H3/b13-10+. The number of nitrogens with zero attached hydrogens (tertiary/aromatic N) is 3. The van der Waals surface area contributed by atoms with Crippen LogP contribution in [0.4, 0.5) is 5.69 Å². The van der Waals surface area contributed by atoms with E-state index < -0.39 is 0 Å². The summed E-state index contributed by atoms with van der Waals surface area (Å²) in [6.45, 7) is 6.74. The van der Waals surface area contributed by atoms with E-state index in [0.29, 0.717) is 6.61 Å². The first-order valence-corrected chi connectivity index (χ1v) is 10.2. The van der Waals surface area contributed by atoms with E-state index in [0.717, 1.165) is 44.0 Å². The van der Waals surface area contributed by atoms with E-state index in [1.54, 1.807) is 6.08 Å². The molecule has 5 nitrogen and oxygen atoms in total. The first kappa shape index (κ1) is 20.9. The van der Waals surface area contributed by atoms with Gasteiger partial charge in [-0.3, -0.25) is 4.79 Å². The summed E-state index contributed by atoms with van der Waals surface area (Å²) >= 11 is 0. The Morgan fingerprint density at radius 3 is 2.45 bits per heavy atom. The predicted octanol–water partition coefficient (Wildman–Crippen LogP) is 3.51. The first-order valence-electron chi connectivity index (χ1n) is 10.2. The van der Waals surface area contributed by atoms with Crippen LogP contribution in [0.3, 0.4) is 0 Å². The van der Waals surface area contributed by atoms with Crippen LogP contribution in [0, 0.1) is 0 Å². The molecule has 3 rings (SSSR count). The van der Waals surface area contributed by atoms with Gasteiger partial charge in [-0.15, -0.1) is 0 Å². The van der Waals surface area contributed by atoms with E-state index in [1.807, 2.05) is 42.2 Å². The smallest absolute Gasteiger partial charge is 0.246 e. The molecule has 2 aromatic carbocycles. The molecule has 2 aromatic rings. The number of amides is 1. The van der Waals surface area contributed by atoms with Crippen LogP contribution in [-0.4, -0.2) is 62.6 Å². The van der Waals surface area contributed by atoms with Gasteiger partial charge < -0.3 is 19.4 Å². The molecule has 0 aromatic heterocycles. The highest BCUT2D eigenvalue weighted by atomic mass is 16.5. The minimum atomic E-state index is 0.0693. The lowest BCUT2D eigenvalue weighted by Gasteiger charge is -2.36. The normalized spacial score (nSPS) is 14.6. The van der Waals surface area contributed by atoms with Crippen LogP contribution in [-0.2, 0) is 11.3 Å². The van der Waals surface area contributed by atoms with Gasteiger partial charge in [-0.1, -0.05) is 24.3 Å². The zero-order valence-electron chi connectivity index (χ0n) is 17.7. The summed E-state index contributed by atoms with van der Waals surface area (Å²) in [4.78, 5) is 19.0. The van der Waals surface area contributed by atoms with Gasteiger partial charge in [0, 0.05) is 44.5 Å². The van der Waals surface area contributed by atoms with Crippen LogP contribution in [0.2, 0.25) is 0 Å². The van der Waals surface area contributed by atoms with E-state index >= 15 is 0 Å². The van der Waals surface area contributed by atoms with Crippen LogP contribution in [0.15, 0.2) is 54.6 Å². The first-order chi connectivity index (χ1) is 14.0. The van der Waals surface area contributed by atoms with Crippen molar-refractivity contribution in [3.05, 3.63) is 65.7 Å². The summed E-state index contributed by atoms with van der Waals surface area (Å²) in [5.74, 6) is 0.918. The van der Waals surface area contributed by atoms with Gasteiger partial charge in [-0.2, -0.15) is 0 Å². The monoisotopic (exact) mass is 393 g/mol.